The molecule has 1 atom stereocenters. The molecule has 4 nitrogen and oxygen atoms in total. The summed E-state index contributed by atoms with van der Waals surface area (Å²) in [6.45, 7) is 0. The molecule has 2 aromatic carbocycles. The van der Waals surface area contributed by atoms with Crippen molar-refractivity contribution in [1.29, 1.82) is 0 Å². The van der Waals surface area contributed by atoms with Gasteiger partial charge in [0.15, 0.2) is 0 Å². The molecule has 1 amide bonds. The van der Waals surface area contributed by atoms with Crippen LogP contribution in [0.25, 0.3) is 0 Å². The average Bonchev–Trinajstić information content (AvgIpc) is 2.59. The van der Waals surface area contributed by atoms with Crippen molar-refractivity contribution in [3.05, 3.63) is 60.2 Å². The van der Waals surface area contributed by atoms with Crippen LogP contribution in [0.3, 0.4) is 0 Å². The summed E-state index contributed by atoms with van der Waals surface area (Å²) in [4.78, 5) is 12.9. The van der Waals surface area contributed by atoms with Gasteiger partial charge in [-0.2, -0.15) is 0 Å². The van der Waals surface area contributed by atoms with Crippen LogP contribution >= 0.6 is 11.8 Å². The summed E-state index contributed by atoms with van der Waals surface area (Å²) in [7, 11) is 1.63. The van der Waals surface area contributed by atoms with Gasteiger partial charge in [0, 0.05) is 10.6 Å². The SMILES string of the molecule is COc1cccc(SCC(Cc2ccccc2)C(=O)NO)c1. The lowest BCUT2D eigenvalue weighted by Gasteiger charge is -2.15. The molecule has 0 bridgehead atoms. The van der Waals surface area contributed by atoms with Crippen LogP contribution in [0.15, 0.2) is 59.5 Å². The van der Waals surface area contributed by atoms with E-state index in [1.807, 2.05) is 54.6 Å². The standard InChI is InChI=1S/C17H19NO3S/c1-21-15-8-5-9-16(11-15)22-12-14(17(19)18-20)10-13-6-3-2-4-7-13/h2-9,11,14,20H,10,12H2,1H3,(H,18,19). The highest BCUT2D eigenvalue weighted by Gasteiger charge is 2.19. The maximum Gasteiger partial charge on any atom is 0.247 e. The Kier molecular flexibility index (Phi) is 6.30. The number of carbonyl (C=O) groups is 1. The van der Waals surface area contributed by atoms with Crippen LogP contribution in [-0.4, -0.2) is 24.0 Å². The van der Waals surface area contributed by atoms with E-state index in [1.165, 1.54) is 0 Å². The van der Waals surface area contributed by atoms with Gasteiger partial charge in [0.2, 0.25) is 5.91 Å². The van der Waals surface area contributed by atoms with E-state index in [-0.39, 0.29) is 11.8 Å². The molecule has 2 rings (SSSR count). The van der Waals surface area contributed by atoms with E-state index in [0.29, 0.717) is 12.2 Å². The van der Waals surface area contributed by atoms with E-state index in [2.05, 4.69) is 0 Å². The van der Waals surface area contributed by atoms with Gasteiger partial charge in [-0.25, -0.2) is 5.48 Å². The molecule has 0 saturated carbocycles. The number of amides is 1. The number of thioether (sulfide) groups is 1. The molecule has 0 fully saturated rings. The van der Waals surface area contributed by atoms with Crippen LogP contribution < -0.4 is 10.2 Å². The molecule has 5 heteroatoms. The third kappa shape index (κ3) is 4.79. The Hall–Kier alpha value is -1.98. The number of nitrogens with one attached hydrogen (secondary N) is 1. The monoisotopic (exact) mass is 317 g/mol. The van der Waals surface area contributed by atoms with Gasteiger partial charge in [-0.1, -0.05) is 36.4 Å². The number of ether oxygens (including phenoxy) is 1. The van der Waals surface area contributed by atoms with Crippen molar-refractivity contribution in [2.75, 3.05) is 12.9 Å². The summed E-state index contributed by atoms with van der Waals surface area (Å²) < 4.78 is 5.19. The van der Waals surface area contributed by atoms with Crippen molar-refractivity contribution in [2.24, 2.45) is 5.92 Å². The molecular formula is C17H19NO3S. The molecule has 0 radical (unpaired) electrons. The van der Waals surface area contributed by atoms with Gasteiger partial charge in [-0.05, 0) is 30.2 Å². The van der Waals surface area contributed by atoms with Gasteiger partial charge in [-0.3, -0.25) is 10.0 Å². The molecule has 22 heavy (non-hydrogen) atoms. The Morgan fingerprint density at radius 3 is 2.68 bits per heavy atom. The Morgan fingerprint density at radius 1 is 1.23 bits per heavy atom. The summed E-state index contributed by atoms with van der Waals surface area (Å²) in [6, 6.07) is 17.5. The Bertz CT molecular complexity index is 604. The second-order valence-corrected chi connectivity index (χ2v) is 5.95. The lowest BCUT2D eigenvalue weighted by atomic mass is 10.0. The van der Waals surface area contributed by atoms with Crippen LogP contribution in [0, 0.1) is 5.92 Å². The zero-order valence-electron chi connectivity index (χ0n) is 12.4. The number of benzene rings is 2. The highest BCUT2D eigenvalue weighted by Crippen LogP contribution is 2.26. The first kappa shape index (κ1) is 16.4. The van der Waals surface area contributed by atoms with Crippen LogP contribution in [0.4, 0.5) is 0 Å². The maximum absolute atomic E-state index is 11.9. The van der Waals surface area contributed by atoms with E-state index in [1.54, 1.807) is 24.4 Å². The molecule has 0 saturated heterocycles. The molecule has 2 N–H and O–H groups in total. The first-order valence-electron chi connectivity index (χ1n) is 6.97. The molecule has 0 heterocycles. The number of carbonyl (C=O) groups excluding carboxylic acids is 1. The number of hydroxylamine groups is 1. The third-order valence-corrected chi connectivity index (χ3v) is 4.45. The second kappa shape index (κ2) is 8.46. The smallest absolute Gasteiger partial charge is 0.247 e. The zero-order chi connectivity index (χ0) is 15.8. The zero-order valence-corrected chi connectivity index (χ0v) is 13.2. The van der Waals surface area contributed by atoms with Crippen LogP contribution in [0.2, 0.25) is 0 Å². The predicted molar refractivity (Wildman–Crippen MR) is 87.3 cm³/mol. The molecule has 2 aromatic rings. The van der Waals surface area contributed by atoms with Crippen LogP contribution in [-0.2, 0) is 11.2 Å². The molecule has 1 unspecified atom stereocenters. The lowest BCUT2D eigenvalue weighted by Crippen LogP contribution is -2.31. The predicted octanol–water partition coefficient (Wildman–Crippen LogP) is 3.15. The van der Waals surface area contributed by atoms with Gasteiger partial charge >= 0.3 is 0 Å². The fraction of sp³-hybridized carbons (Fsp3) is 0.235. The number of hydrogen-bond donors (Lipinski definition) is 2. The number of rotatable bonds is 7. The Labute approximate surface area is 134 Å². The van der Waals surface area contributed by atoms with E-state index in [9.17, 15) is 4.79 Å². The van der Waals surface area contributed by atoms with E-state index in [0.717, 1.165) is 16.2 Å². The Morgan fingerprint density at radius 2 is 2.00 bits per heavy atom. The number of hydrogen-bond acceptors (Lipinski definition) is 4. The minimum Gasteiger partial charge on any atom is -0.497 e. The van der Waals surface area contributed by atoms with Crippen molar-refractivity contribution in [3.63, 3.8) is 0 Å². The van der Waals surface area contributed by atoms with E-state index < -0.39 is 0 Å². The third-order valence-electron chi connectivity index (χ3n) is 3.30. The molecule has 0 aliphatic heterocycles. The maximum atomic E-state index is 11.9. The minimum atomic E-state index is -0.362. The topological polar surface area (TPSA) is 58.6 Å². The van der Waals surface area contributed by atoms with E-state index in [4.69, 9.17) is 9.94 Å². The van der Waals surface area contributed by atoms with Gasteiger partial charge in [-0.15, -0.1) is 11.8 Å². The minimum absolute atomic E-state index is 0.302. The normalized spacial score (nSPS) is 11.7. The van der Waals surface area contributed by atoms with Crippen molar-refractivity contribution < 1.29 is 14.7 Å². The summed E-state index contributed by atoms with van der Waals surface area (Å²) in [6.07, 6.45) is 0.588. The second-order valence-electron chi connectivity index (χ2n) is 4.85. The van der Waals surface area contributed by atoms with Crippen molar-refractivity contribution >= 4 is 17.7 Å². The van der Waals surface area contributed by atoms with Crippen LogP contribution in [0.1, 0.15) is 5.56 Å². The molecule has 0 aliphatic rings. The van der Waals surface area contributed by atoms with E-state index >= 15 is 0 Å². The lowest BCUT2D eigenvalue weighted by molar-refractivity contribution is -0.132. The molecule has 0 aliphatic carbocycles. The van der Waals surface area contributed by atoms with Crippen molar-refractivity contribution in [2.45, 2.75) is 11.3 Å². The summed E-state index contributed by atoms with van der Waals surface area (Å²) in [5.41, 5.74) is 2.84. The molecular weight excluding hydrogens is 298 g/mol. The largest absolute Gasteiger partial charge is 0.497 e. The highest BCUT2D eigenvalue weighted by atomic mass is 32.2. The highest BCUT2D eigenvalue weighted by molar-refractivity contribution is 7.99. The summed E-state index contributed by atoms with van der Waals surface area (Å²) in [5, 5.41) is 8.93. The molecule has 0 aromatic heterocycles. The first-order valence-corrected chi connectivity index (χ1v) is 7.96. The molecule has 0 spiro atoms. The van der Waals surface area contributed by atoms with Crippen molar-refractivity contribution in [3.8, 4) is 5.75 Å². The first-order chi connectivity index (χ1) is 10.7. The van der Waals surface area contributed by atoms with Gasteiger partial charge < -0.3 is 4.74 Å². The summed E-state index contributed by atoms with van der Waals surface area (Å²) in [5.74, 6) is 0.702. The fourth-order valence-corrected chi connectivity index (χ4v) is 3.14. The average molecular weight is 317 g/mol. The quantitative estimate of drug-likeness (QED) is 0.468. The van der Waals surface area contributed by atoms with Gasteiger partial charge in [0.25, 0.3) is 0 Å². The van der Waals surface area contributed by atoms with Gasteiger partial charge in [0.05, 0.1) is 13.0 Å². The van der Waals surface area contributed by atoms with Crippen molar-refractivity contribution in [1.82, 2.24) is 5.48 Å². The molecule has 116 valence electrons. The van der Waals surface area contributed by atoms with Crippen LogP contribution in [0.5, 0.6) is 5.75 Å². The Balaban J connectivity index is 2.02. The fourth-order valence-electron chi connectivity index (χ4n) is 2.10. The van der Waals surface area contributed by atoms with Gasteiger partial charge in [0.1, 0.15) is 5.75 Å². The number of methoxy groups -OCH3 is 1. The summed E-state index contributed by atoms with van der Waals surface area (Å²) >= 11 is 1.57.